The van der Waals surface area contributed by atoms with Crippen LogP contribution in [-0.4, -0.2) is 55.9 Å². The molecule has 0 bridgehead atoms. The number of ketones is 1. The Morgan fingerprint density at radius 1 is 0.900 bits per heavy atom. The van der Waals surface area contributed by atoms with E-state index in [1.807, 2.05) is 0 Å². The molecule has 0 saturated carbocycles. The van der Waals surface area contributed by atoms with Crippen LogP contribution in [0.25, 0.3) is 0 Å². The van der Waals surface area contributed by atoms with Crippen molar-refractivity contribution in [2.75, 3.05) is 26.3 Å². The number of benzene rings is 2. The fourth-order valence-corrected chi connectivity index (χ4v) is 5.18. The summed E-state index contributed by atoms with van der Waals surface area (Å²) in [5.41, 5.74) is 0.558. The van der Waals surface area contributed by atoms with E-state index in [0.29, 0.717) is 43.1 Å². The first-order valence-electron chi connectivity index (χ1n) is 9.63. The van der Waals surface area contributed by atoms with E-state index in [-0.39, 0.29) is 35.2 Å². The van der Waals surface area contributed by atoms with Crippen molar-refractivity contribution in [3.63, 3.8) is 0 Å². The van der Waals surface area contributed by atoms with E-state index < -0.39 is 16.0 Å². The maximum atomic E-state index is 12.9. The van der Waals surface area contributed by atoms with Crippen molar-refractivity contribution in [3.05, 3.63) is 53.6 Å². The summed E-state index contributed by atoms with van der Waals surface area (Å²) in [5.74, 6) is -0.245. The second kappa shape index (κ2) is 8.08. The quantitative estimate of drug-likeness (QED) is 0.724. The predicted octanol–water partition coefficient (Wildman–Crippen LogP) is 2.44. The van der Waals surface area contributed by atoms with Gasteiger partial charge in [-0.1, -0.05) is 0 Å². The van der Waals surface area contributed by atoms with Crippen LogP contribution in [0.4, 0.5) is 0 Å². The fourth-order valence-electron chi connectivity index (χ4n) is 3.71. The molecule has 2 aromatic carbocycles. The van der Waals surface area contributed by atoms with Crippen molar-refractivity contribution in [1.29, 1.82) is 0 Å². The second-order valence-electron chi connectivity index (χ2n) is 7.23. The molecule has 4 rings (SSSR count). The molecule has 0 aromatic heterocycles. The van der Waals surface area contributed by atoms with E-state index in [4.69, 9.17) is 14.6 Å². The average Bonchev–Trinajstić information content (AvgIpc) is 2.78. The van der Waals surface area contributed by atoms with Gasteiger partial charge in [-0.05, 0) is 55.3 Å². The molecule has 30 heavy (non-hydrogen) atoms. The Morgan fingerprint density at radius 3 is 2.13 bits per heavy atom. The lowest BCUT2D eigenvalue weighted by Gasteiger charge is -2.30. The lowest BCUT2D eigenvalue weighted by molar-refractivity contribution is 0.0696. The minimum absolute atomic E-state index is 0.0256. The number of piperidine rings is 1. The Kier molecular flexibility index (Phi) is 5.48. The van der Waals surface area contributed by atoms with E-state index in [1.54, 1.807) is 18.2 Å². The summed E-state index contributed by atoms with van der Waals surface area (Å²) in [6.07, 6.45) is 0.833. The van der Waals surface area contributed by atoms with Crippen LogP contribution in [0.5, 0.6) is 11.5 Å². The minimum atomic E-state index is -3.74. The largest absolute Gasteiger partial charge is 0.486 e. The number of rotatable bonds is 5. The highest BCUT2D eigenvalue weighted by atomic mass is 32.2. The number of Topliss-reactive ketones (excluding diaryl/α,β-unsaturated/α-hetero) is 1. The summed E-state index contributed by atoms with van der Waals surface area (Å²) in [6.45, 7) is 1.37. The monoisotopic (exact) mass is 431 g/mol. The maximum absolute atomic E-state index is 12.9. The van der Waals surface area contributed by atoms with Gasteiger partial charge >= 0.3 is 5.97 Å². The first kappa shape index (κ1) is 20.4. The molecule has 0 aliphatic carbocycles. The van der Waals surface area contributed by atoms with Gasteiger partial charge in [0.15, 0.2) is 17.3 Å². The summed E-state index contributed by atoms with van der Waals surface area (Å²) in [6, 6.07) is 10.3. The zero-order chi connectivity index (χ0) is 21.3. The molecule has 2 aromatic rings. The number of aromatic carboxylic acids is 1. The molecule has 158 valence electrons. The minimum Gasteiger partial charge on any atom is -0.486 e. The number of carbonyl (C=O) groups excluding carboxylic acids is 1. The first-order chi connectivity index (χ1) is 14.4. The van der Waals surface area contributed by atoms with Crippen molar-refractivity contribution in [1.82, 2.24) is 4.31 Å². The summed E-state index contributed by atoms with van der Waals surface area (Å²) >= 11 is 0. The Balaban J connectivity index is 1.43. The zero-order valence-electron chi connectivity index (χ0n) is 16.1. The van der Waals surface area contributed by atoms with Crippen LogP contribution in [0.15, 0.2) is 47.4 Å². The van der Waals surface area contributed by atoms with Gasteiger partial charge in [0.25, 0.3) is 0 Å². The van der Waals surface area contributed by atoms with Crippen molar-refractivity contribution in [2.24, 2.45) is 5.92 Å². The Hall–Kier alpha value is -2.91. The third-order valence-corrected chi connectivity index (χ3v) is 7.30. The molecule has 1 saturated heterocycles. The fraction of sp³-hybridized carbons (Fsp3) is 0.333. The number of carbonyl (C=O) groups is 2. The molecule has 8 nitrogen and oxygen atoms in total. The van der Waals surface area contributed by atoms with Gasteiger partial charge in [-0.15, -0.1) is 0 Å². The zero-order valence-corrected chi connectivity index (χ0v) is 16.9. The molecule has 2 aliphatic rings. The smallest absolute Gasteiger partial charge is 0.335 e. The Labute approximate surface area is 174 Å². The average molecular weight is 431 g/mol. The molecule has 0 atom stereocenters. The summed E-state index contributed by atoms with van der Waals surface area (Å²) < 4.78 is 38.0. The highest BCUT2D eigenvalue weighted by Crippen LogP contribution is 2.33. The lowest BCUT2D eigenvalue weighted by Crippen LogP contribution is -2.40. The number of hydrogen-bond acceptors (Lipinski definition) is 6. The standard InChI is InChI=1S/C21H21NO7S/c23-20(16-3-6-18-19(13-16)29-12-11-28-18)14-7-9-22(10-8-14)30(26,27)17-4-1-15(2-5-17)21(24)25/h1-6,13-14H,7-12H2,(H,24,25). The van der Waals surface area contributed by atoms with E-state index in [0.717, 1.165) is 0 Å². The second-order valence-corrected chi connectivity index (χ2v) is 9.17. The van der Waals surface area contributed by atoms with Crippen LogP contribution in [0.3, 0.4) is 0 Å². The molecule has 0 radical (unpaired) electrons. The third kappa shape index (κ3) is 3.90. The van der Waals surface area contributed by atoms with E-state index >= 15 is 0 Å². The SMILES string of the molecule is O=C(O)c1ccc(S(=O)(=O)N2CCC(C(=O)c3ccc4c(c3)OCCO4)CC2)cc1. The molecular formula is C21H21NO7S. The van der Waals surface area contributed by atoms with Crippen LogP contribution >= 0.6 is 0 Å². The molecule has 0 unspecified atom stereocenters. The van der Waals surface area contributed by atoms with E-state index in [2.05, 4.69) is 0 Å². The van der Waals surface area contributed by atoms with Gasteiger partial charge in [0.05, 0.1) is 10.5 Å². The number of ether oxygens (including phenoxy) is 2. The van der Waals surface area contributed by atoms with Gasteiger partial charge in [0.1, 0.15) is 13.2 Å². The Morgan fingerprint density at radius 2 is 1.50 bits per heavy atom. The van der Waals surface area contributed by atoms with Crippen LogP contribution in [0.1, 0.15) is 33.6 Å². The lowest BCUT2D eigenvalue weighted by atomic mass is 9.89. The number of sulfonamides is 1. The first-order valence-corrected chi connectivity index (χ1v) is 11.1. The molecule has 2 aliphatic heterocycles. The van der Waals surface area contributed by atoms with Crippen LogP contribution in [0, 0.1) is 5.92 Å². The van der Waals surface area contributed by atoms with Crippen molar-refractivity contribution < 1.29 is 32.6 Å². The van der Waals surface area contributed by atoms with Gasteiger partial charge < -0.3 is 14.6 Å². The van der Waals surface area contributed by atoms with Crippen LogP contribution in [-0.2, 0) is 10.0 Å². The van der Waals surface area contributed by atoms with E-state index in [1.165, 1.54) is 28.6 Å². The third-order valence-electron chi connectivity index (χ3n) is 5.39. The van der Waals surface area contributed by atoms with Gasteiger partial charge in [-0.2, -0.15) is 4.31 Å². The molecular weight excluding hydrogens is 410 g/mol. The molecule has 9 heteroatoms. The molecule has 0 spiro atoms. The van der Waals surface area contributed by atoms with Gasteiger partial charge in [0, 0.05) is 24.6 Å². The maximum Gasteiger partial charge on any atom is 0.335 e. The number of fused-ring (bicyclic) bond motifs is 1. The molecule has 2 heterocycles. The number of nitrogens with zero attached hydrogens (tertiary/aromatic N) is 1. The van der Waals surface area contributed by atoms with Crippen LogP contribution < -0.4 is 9.47 Å². The highest BCUT2D eigenvalue weighted by Gasteiger charge is 2.33. The Bertz CT molecular complexity index is 1070. The van der Waals surface area contributed by atoms with Crippen molar-refractivity contribution >= 4 is 21.8 Å². The molecule has 0 amide bonds. The molecule has 1 fully saturated rings. The number of carboxylic acids is 1. The number of carboxylic acid groups (broad SMARTS) is 1. The van der Waals surface area contributed by atoms with Crippen molar-refractivity contribution in [3.8, 4) is 11.5 Å². The molecule has 1 N–H and O–H groups in total. The predicted molar refractivity (Wildman–Crippen MR) is 107 cm³/mol. The van der Waals surface area contributed by atoms with Gasteiger partial charge in [0.2, 0.25) is 10.0 Å². The van der Waals surface area contributed by atoms with Crippen molar-refractivity contribution in [2.45, 2.75) is 17.7 Å². The summed E-state index contributed by atoms with van der Waals surface area (Å²) in [4.78, 5) is 23.9. The van der Waals surface area contributed by atoms with E-state index in [9.17, 15) is 18.0 Å². The highest BCUT2D eigenvalue weighted by molar-refractivity contribution is 7.89. The summed E-state index contributed by atoms with van der Waals surface area (Å²) in [5, 5.41) is 8.96. The normalized spacial score (nSPS) is 17.5. The summed E-state index contributed by atoms with van der Waals surface area (Å²) in [7, 11) is -3.74. The topological polar surface area (TPSA) is 110 Å². The number of hydrogen-bond donors (Lipinski definition) is 1. The van der Waals surface area contributed by atoms with Gasteiger partial charge in [-0.25, -0.2) is 13.2 Å². The van der Waals surface area contributed by atoms with Gasteiger partial charge in [-0.3, -0.25) is 4.79 Å². The van der Waals surface area contributed by atoms with Crippen LogP contribution in [0.2, 0.25) is 0 Å².